The van der Waals surface area contributed by atoms with Gasteiger partial charge in [-0.1, -0.05) is 11.6 Å². The Morgan fingerprint density at radius 3 is 2.80 bits per heavy atom. The number of pyridine rings is 1. The van der Waals surface area contributed by atoms with Gasteiger partial charge in [0.15, 0.2) is 0 Å². The van der Waals surface area contributed by atoms with Crippen LogP contribution in [0.2, 0.25) is 5.15 Å². The lowest BCUT2D eigenvalue weighted by Gasteiger charge is -2.19. The zero-order valence-electron chi connectivity index (χ0n) is 11.7. The maximum atomic E-state index is 11.4. The molecule has 20 heavy (non-hydrogen) atoms. The molecule has 1 N–H and O–H groups in total. The van der Waals surface area contributed by atoms with Gasteiger partial charge in [-0.2, -0.15) is 0 Å². The maximum Gasteiger partial charge on any atom is 0.407 e. The Balaban J connectivity index is 2.19. The van der Waals surface area contributed by atoms with Crippen LogP contribution in [0, 0.1) is 0 Å². The Kier molecular flexibility index (Phi) is 6.71. The number of ether oxygens (including phenoxy) is 2. The molecule has 1 amide bonds. The summed E-state index contributed by atoms with van der Waals surface area (Å²) in [5, 5.41) is 3.03. The van der Waals surface area contributed by atoms with E-state index in [-0.39, 0.29) is 0 Å². The van der Waals surface area contributed by atoms with E-state index in [0.717, 1.165) is 10.0 Å². The van der Waals surface area contributed by atoms with Gasteiger partial charge in [0.2, 0.25) is 0 Å². The molecule has 0 aliphatic heterocycles. The summed E-state index contributed by atoms with van der Waals surface area (Å²) < 4.78 is 11.2. The van der Waals surface area contributed by atoms with E-state index in [2.05, 4.69) is 26.2 Å². The number of rotatable bonds is 5. The number of nitrogens with one attached hydrogen (secondary N) is 1. The molecule has 7 heteroatoms. The monoisotopic (exact) mass is 364 g/mol. The normalized spacial score (nSPS) is 11.2. The minimum atomic E-state index is -0.494. The first-order chi connectivity index (χ1) is 9.28. The lowest BCUT2D eigenvalue weighted by molar-refractivity contribution is 0.0494. The molecule has 1 heterocycles. The Labute approximate surface area is 132 Å². The van der Waals surface area contributed by atoms with Gasteiger partial charge in [0.1, 0.15) is 10.8 Å². The molecule has 0 saturated heterocycles. The van der Waals surface area contributed by atoms with Crippen LogP contribution in [0.1, 0.15) is 26.3 Å². The third-order valence-corrected chi connectivity index (χ3v) is 3.17. The Hall–Kier alpha value is -0.850. The van der Waals surface area contributed by atoms with Gasteiger partial charge in [-0.15, -0.1) is 0 Å². The standard InChI is InChI=1S/C13H18BrClN2O3/c1-13(2,3)20-12(18)16-4-5-19-8-9-6-10(14)11(15)17-7-9/h6-7H,4-5,8H2,1-3H3,(H,16,18). The maximum absolute atomic E-state index is 11.4. The van der Waals surface area contributed by atoms with Crippen LogP contribution in [0.4, 0.5) is 4.79 Å². The average molecular weight is 366 g/mol. The van der Waals surface area contributed by atoms with E-state index in [4.69, 9.17) is 21.1 Å². The van der Waals surface area contributed by atoms with Gasteiger partial charge in [0, 0.05) is 12.7 Å². The quantitative estimate of drug-likeness (QED) is 0.640. The molecule has 0 radical (unpaired) electrons. The van der Waals surface area contributed by atoms with Crippen LogP contribution >= 0.6 is 27.5 Å². The van der Waals surface area contributed by atoms with Gasteiger partial charge in [0.05, 0.1) is 17.7 Å². The van der Waals surface area contributed by atoms with Crippen molar-refractivity contribution in [1.29, 1.82) is 0 Å². The van der Waals surface area contributed by atoms with Crippen molar-refractivity contribution in [2.75, 3.05) is 13.2 Å². The topological polar surface area (TPSA) is 60.5 Å². The van der Waals surface area contributed by atoms with Crippen LogP contribution in [0.5, 0.6) is 0 Å². The zero-order chi connectivity index (χ0) is 15.2. The van der Waals surface area contributed by atoms with Gasteiger partial charge in [-0.05, 0) is 48.3 Å². The summed E-state index contributed by atoms with van der Waals surface area (Å²) in [6, 6.07) is 1.84. The molecule has 0 saturated carbocycles. The summed E-state index contributed by atoms with van der Waals surface area (Å²) in [5.74, 6) is 0. The minimum absolute atomic E-state index is 0.386. The van der Waals surface area contributed by atoms with Crippen molar-refractivity contribution >= 4 is 33.6 Å². The van der Waals surface area contributed by atoms with Crippen molar-refractivity contribution in [2.24, 2.45) is 0 Å². The van der Waals surface area contributed by atoms with Crippen LogP contribution in [-0.2, 0) is 16.1 Å². The molecule has 0 bridgehead atoms. The highest BCUT2D eigenvalue weighted by atomic mass is 79.9. The smallest absolute Gasteiger partial charge is 0.407 e. The Bertz CT molecular complexity index is 463. The van der Waals surface area contributed by atoms with E-state index < -0.39 is 11.7 Å². The van der Waals surface area contributed by atoms with E-state index in [1.165, 1.54) is 0 Å². The first kappa shape index (κ1) is 17.2. The number of halogens is 2. The fourth-order valence-electron chi connectivity index (χ4n) is 1.27. The van der Waals surface area contributed by atoms with E-state index in [0.29, 0.717) is 24.9 Å². The van der Waals surface area contributed by atoms with Crippen molar-refractivity contribution in [3.05, 3.63) is 27.5 Å². The van der Waals surface area contributed by atoms with E-state index in [9.17, 15) is 4.79 Å². The number of aromatic nitrogens is 1. The van der Waals surface area contributed by atoms with Gasteiger partial charge >= 0.3 is 6.09 Å². The SMILES string of the molecule is CC(C)(C)OC(=O)NCCOCc1cnc(Cl)c(Br)c1. The van der Waals surface area contributed by atoms with Crippen molar-refractivity contribution in [3.8, 4) is 0 Å². The molecule has 0 unspecified atom stereocenters. The number of hydrogen-bond donors (Lipinski definition) is 1. The summed E-state index contributed by atoms with van der Waals surface area (Å²) in [7, 11) is 0. The third kappa shape index (κ3) is 7.07. The molecule has 112 valence electrons. The van der Waals surface area contributed by atoms with E-state index in [1.54, 1.807) is 6.20 Å². The molecule has 1 aromatic heterocycles. The highest BCUT2D eigenvalue weighted by Gasteiger charge is 2.15. The predicted molar refractivity (Wildman–Crippen MR) is 80.8 cm³/mol. The second-order valence-electron chi connectivity index (χ2n) is 5.10. The van der Waals surface area contributed by atoms with Crippen LogP contribution in [0.3, 0.4) is 0 Å². The van der Waals surface area contributed by atoms with Crippen LogP contribution in [-0.4, -0.2) is 29.8 Å². The summed E-state index contributed by atoms with van der Waals surface area (Å²) in [4.78, 5) is 15.3. The molecule has 0 atom stereocenters. The molecule has 0 aliphatic carbocycles. The summed E-state index contributed by atoms with van der Waals surface area (Å²) in [5.41, 5.74) is 0.408. The lowest BCUT2D eigenvalue weighted by Crippen LogP contribution is -2.34. The highest BCUT2D eigenvalue weighted by molar-refractivity contribution is 9.10. The minimum Gasteiger partial charge on any atom is -0.444 e. The van der Waals surface area contributed by atoms with Crippen LogP contribution < -0.4 is 5.32 Å². The van der Waals surface area contributed by atoms with Gasteiger partial charge in [-0.3, -0.25) is 0 Å². The van der Waals surface area contributed by atoms with Crippen molar-refractivity contribution in [1.82, 2.24) is 10.3 Å². The first-order valence-electron chi connectivity index (χ1n) is 6.12. The van der Waals surface area contributed by atoms with Crippen LogP contribution in [0.25, 0.3) is 0 Å². The molecular weight excluding hydrogens is 348 g/mol. The highest BCUT2D eigenvalue weighted by Crippen LogP contribution is 2.20. The zero-order valence-corrected chi connectivity index (χ0v) is 14.0. The molecule has 5 nitrogen and oxygen atoms in total. The van der Waals surface area contributed by atoms with Crippen LogP contribution in [0.15, 0.2) is 16.7 Å². The largest absolute Gasteiger partial charge is 0.444 e. The number of nitrogens with zero attached hydrogens (tertiary/aromatic N) is 1. The average Bonchev–Trinajstić information content (AvgIpc) is 2.31. The fraction of sp³-hybridized carbons (Fsp3) is 0.538. The Morgan fingerprint density at radius 2 is 2.20 bits per heavy atom. The van der Waals surface area contributed by atoms with Crippen molar-refractivity contribution < 1.29 is 14.3 Å². The van der Waals surface area contributed by atoms with Crippen molar-refractivity contribution in [2.45, 2.75) is 33.0 Å². The molecular formula is C13H18BrClN2O3. The number of amides is 1. The molecule has 0 spiro atoms. The lowest BCUT2D eigenvalue weighted by atomic mass is 10.2. The molecule has 1 aromatic rings. The third-order valence-electron chi connectivity index (χ3n) is 2.04. The van der Waals surface area contributed by atoms with E-state index >= 15 is 0 Å². The molecule has 0 aliphatic rings. The molecule has 1 rings (SSSR count). The second kappa shape index (κ2) is 7.81. The number of carbonyl (C=O) groups excluding carboxylic acids is 1. The summed E-state index contributed by atoms with van der Waals surface area (Å²) in [6.45, 7) is 6.62. The van der Waals surface area contributed by atoms with Gasteiger partial charge in [-0.25, -0.2) is 9.78 Å². The summed E-state index contributed by atoms with van der Waals surface area (Å²) in [6.07, 6.45) is 1.20. The fourth-order valence-corrected chi connectivity index (χ4v) is 1.77. The first-order valence-corrected chi connectivity index (χ1v) is 7.29. The van der Waals surface area contributed by atoms with Crippen molar-refractivity contribution in [3.63, 3.8) is 0 Å². The second-order valence-corrected chi connectivity index (χ2v) is 6.31. The number of alkyl carbamates (subject to hydrolysis) is 1. The molecule has 0 fully saturated rings. The summed E-state index contributed by atoms with van der Waals surface area (Å²) >= 11 is 9.08. The Morgan fingerprint density at radius 1 is 1.50 bits per heavy atom. The predicted octanol–water partition coefficient (Wildman–Crippen LogP) is 3.54. The number of hydrogen-bond acceptors (Lipinski definition) is 4. The van der Waals surface area contributed by atoms with E-state index in [1.807, 2.05) is 26.8 Å². The van der Waals surface area contributed by atoms with Gasteiger partial charge < -0.3 is 14.8 Å². The molecule has 0 aromatic carbocycles. The number of carbonyl (C=O) groups is 1. The van der Waals surface area contributed by atoms with Gasteiger partial charge in [0.25, 0.3) is 0 Å².